The molecule has 1 aromatic carbocycles. The van der Waals surface area contributed by atoms with Crippen LogP contribution in [0.4, 0.5) is 5.69 Å². The molecule has 2 N–H and O–H groups in total. The molecule has 0 aliphatic heterocycles. The van der Waals surface area contributed by atoms with Crippen LogP contribution in [0.25, 0.3) is 0 Å². The zero-order valence-corrected chi connectivity index (χ0v) is 13.9. The summed E-state index contributed by atoms with van der Waals surface area (Å²) in [7, 11) is -0.817. The molecule has 0 saturated heterocycles. The highest BCUT2D eigenvalue weighted by Gasteiger charge is 2.25. The van der Waals surface area contributed by atoms with Gasteiger partial charge in [0.05, 0.1) is 5.25 Å². The van der Waals surface area contributed by atoms with Gasteiger partial charge < -0.3 is 5.73 Å². The molecule has 1 aliphatic rings. The molecular weight excluding hydrogens is 313 g/mol. The quantitative estimate of drug-likeness (QED) is 0.652. The van der Waals surface area contributed by atoms with E-state index < -0.39 is 10.8 Å². The summed E-state index contributed by atoms with van der Waals surface area (Å²) in [6.45, 7) is 3.98. The second kappa shape index (κ2) is 6.50. The Kier molecular flexibility index (Phi) is 5.16. The lowest BCUT2D eigenvalue weighted by Gasteiger charge is -2.25. The van der Waals surface area contributed by atoms with Gasteiger partial charge in [0.2, 0.25) is 0 Å². The van der Waals surface area contributed by atoms with Gasteiger partial charge in [0.25, 0.3) is 0 Å². The van der Waals surface area contributed by atoms with Gasteiger partial charge in [0.1, 0.15) is 0 Å². The second-order valence-corrected chi connectivity index (χ2v) is 8.40. The van der Waals surface area contributed by atoms with Gasteiger partial charge in [-0.05, 0) is 30.5 Å². The summed E-state index contributed by atoms with van der Waals surface area (Å²) in [4.78, 5) is 0. The average Bonchev–Trinajstić information content (AvgIpc) is 2.37. The molecule has 2 nitrogen and oxygen atoms in total. The smallest absolute Gasteiger partial charge is 0.0530 e. The van der Waals surface area contributed by atoms with Crippen LogP contribution in [-0.2, 0) is 10.8 Å². The lowest BCUT2D eigenvalue weighted by atomic mass is 9.89. The van der Waals surface area contributed by atoms with Gasteiger partial charge in [-0.2, -0.15) is 0 Å². The van der Waals surface area contributed by atoms with Gasteiger partial charge in [-0.25, -0.2) is 0 Å². The van der Waals surface area contributed by atoms with Crippen molar-refractivity contribution in [3.63, 3.8) is 0 Å². The Bertz CT molecular complexity index is 534. The van der Waals surface area contributed by atoms with Crippen molar-refractivity contribution < 1.29 is 4.21 Å². The maximum Gasteiger partial charge on any atom is 0.0530 e. The minimum atomic E-state index is -0.817. The van der Waals surface area contributed by atoms with E-state index in [0.29, 0.717) is 15.7 Å². The van der Waals surface area contributed by atoms with Gasteiger partial charge in [-0.15, -0.1) is 0 Å². The van der Waals surface area contributed by atoms with Crippen LogP contribution in [0.15, 0.2) is 24.3 Å². The first-order valence-electron chi connectivity index (χ1n) is 6.72. The standard InChI is InChI=1S/C15H19Cl2NOS/c1-9(2)20(19)12-5-3-10(4-6-12)15-13(16)7-11(18)8-14(15)17/h3,5,7-10,12H,4,6,18H2,1-2H3. The maximum absolute atomic E-state index is 12.1. The third kappa shape index (κ3) is 3.38. The van der Waals surface area contributed by atoms with E-state index in [1.165, 1.54) is 0 Å². The molecule has 0 radical (unpaired) electrons. The van der Waals surface area contributed by atoms with Crippen molar-refractivity contribution in [2.24, 2.45) is 0 Å². The van der Waals surface area contributed by atoms with E-state index >= 15 is 0 Å². The number of allylic oxidation sites excluding steroid dienone is 1. The van der Waals surface area contributed by atoms with Crippen LogP contribution in [0.1, 0.15) is 38.2 Å². The average molecular weight is 332 g/mol. The van der Waals surface area contributed by atoms with E-state index in [1.807, 2.05) is 19.9 Å². The first-order chi connectivity index (χ1) is 9.40. The summed E-state index contributed by atoms with van der Waals surface area (Å²) < 4.78 is 12.1. The van der Waals surface area contributed by atoms with Crippen molar-refractivity contribution in [1.29, 1.82) is 0 Å². The fraction of sp³-hybridized carbons (Fsp3) is 0.467. The first kappa shape index (κ1) is 15.9. The molecule has 20 heavy (non-hydrogen) atoms. The van der Waals surface area contributed by atoms with Crippen molar-refractivity contribution in [2.45, 2.75) is 43.1 Å². The number of halogens is 2. The summed E-state index contributed by atoms with van der Waals surface area (Å²) >= 11 is 12.5. The van der Waals surface area contributed by atoms with Crippen LogP contribution in [0.3, 0.4) is 0 Å². The normalized spacial score (nSPS) is 24.1. The molecule has 0 bridgehead atoms. The molecule has 0 heterocycles. The first-order valence-corrected chi connectivity index (χ1v) is 8.75. The van der Waals surface area contributed by atoms with Crippen LogP contribution in [0.2, 0.25) is 10.0 Å². The third-order valence-corrected chi connectivity index (χ3v) is 6.10. The number of anilines is 1. The Morgan fingerprint density at radius 2 is 1.80 bits per heavy atom. The number of nitrogens with two attached hydrogens (primary N) is 1. The molecule has 5 heteroatoms. The van der Waals surface area contributed by atoms with Crippen molar-refractivity contribution in [2.75, 3.05) is 5.73 Å². The Labute approximate surface area is 132 Å². The van der Waals surface area contributed by atoms with Gasteiger partial charge in [0, 0.05) is 37.7 Å². The topological polar surface area (TPSA) is 43.1 Å². The fourth-order valence-corrected chi connectivity index (χ4v) is 4.63. The second-order valence-electron chi connectivity index (χ2n) is 5.38. The number of hydrogen-bond acceptors (Lipinski definition) is 2. The maximum atomic E-state index is 12.1. The molecular formula is C15H19Cl2NOS. The molecule has 2 rings (SSSR count). The van der Waals surface area contributed by atoms with Crippen LogP contribution in [0.5, 0.6) is 0 Å². The van der Waals surface area contributed by atoms with Crippen molar-refractivity contribution >= 4 is 39.7 Å². The van der Waals surface area contributed by atoms with Crippen molar-refractivity contribution in [3.05, 3.63) is 39.9 Å². The summed E-state index contributed by atoms with van der Waals surface area (Å²) in [6, 6.07) is 3.46. The highest BCUT2D eigenvalue weighted by Crippen LogP contribution is 2.39. The minimum Gasteiger partial charge on any atom is -0.399 e. The Morgan fingerprint density at radius 3 is 2.25 bits per heavy atom. The van der Waals surface area contributed by atoms with Gasteiger partial charge in [0.15, 0.2) is 0 Å². The fourth-order valence-electron chi connectivity index (χ4n) is 2.54. The minimum absolute atomic E-state index is 0.137. The number of nitrogen functional groups attached to an aromatic ring is 1. The Morgan fingerprint density at radius 1 is 1.20 bits per heavy atom. The lowest BCUT2D eigenvalue weighted by Crippen LogP contribution is -2.23. The van der Waals surface area contributed by atoms with Crippen LogP contribution in [0, 0.1) is 0 Å². The molecule has 0 aromatic heterocycles. The van der Waals surface area contributed by atoms with Crippen LogP contribution >= 0.6 is 23.2 Å². The highest BCUT2D eigenvalue weighted by molar-refractivity contribution is 7.86. The summed E-state index contributed by atoms with van der Waals surface area (Å²) in [5, 5.41) is 1.53. The molecule has 0 spiro atoms. The number of hydrogen-bond donors (Lipinski definition) is 1. The molecule has 0 saturated carbocycles. The number of rotatable bonds is 3. The molecule has 1 aliphatic carbocycles. The van der Waals surface area contributed by atoms with Crippen molar-refractivity contribution in [3.8, 4) is 0 Å². The number of benzene rings is 1. The van der Waals surface area contributed by atoms with E-state index in [1.54, 1.807) is 12.1 Å². The highest BCUT2D eigenvalue weighted by atomic mass is 35.5. The predicted molar refractivity (Wildman–Crippen MR) is 89.1 cm³/mol. The predicted octanol–water partition coefficient (Wildman–Crippen LogP) is 4.53. The van der Waals surface area contributed by atoms with E-state index in [2.05, 4.69) is 6.08 Å². The molecule has 1 aromatic rings. The van der Waals surface area contributed by atoms with Gasteiger partial charge in [-0.1, -0.05) is 49.2 Å². The van der Waals surface area contributed by atoms with Crippen molar-refractivity contribution in [1.82, 2.24) is 0 Å². The Hall–Kier alpha value is -0.510. The molecule has 3 atom stereocenters. The lowest BCUT2D eigenvalue weighted by molar-refractivity contribution is 0.629. The molecule has 0 fully saturated rings. The van der Waals surface area contributed by atoms with Gasteiger partial charge in [-0.3, -0.25) is 4.21 Å². The largest absolute Gasteiger partial charge is 0.399 e. The molecule has 3 unspecified atom stereocenters. The van der Waals surface area contributed by atoms with Crippen LogP contribution < -0.4 is 5.73 Å². The SMILES string of the molecule is CC(C)S(=O)C1C=CC(c2c(Cl)cc(N)cc2Cl)CC1. The Balaban J connectivity index is 2.22. The zero-order chi connectivity index (χ0) is 14.9. The zero-order valence-electron chi connectivity index (χ0n) is 11.6. The molecule has 110 valence electrons. The third-order valence-electron chi connectivity index (χ3n) is 3.56. The van der Waals surface area contributed by atoms with Gasteiger partial charge >= 0.3 is 0 Å². The van der Waals surface area contributed by atoms with E-state index in [-0.39, 0.29) is 16.4 Å². The summed E-state index contributed by atoms with van der Waals surface area (Å²) in [5.74, 6) is 0.177. The van der Waals surface area contributed by atoms with E-state index in [0.717, 1.165) is 18.4 Å². The summed E-state index contributed by atoms with van der Waals surface area (Å²) in [6.07, 6.45) is 5.93. The molecule has 0 amide bonds. The van der Waals surface area contributed by atoms with Crippen LogP contribution in [-0.4, -0.2) is 14.7 Å². The monoisotopic (exact) mass is 331 g/mol. The van der Waals surface area contributed by atoms with E-state index in [9.17, 15) is 4.21 Å². The summed E-state index contributed by atoms with van der Waals surface area (Å²) in [5.41, 5.74) is 7.22. The van der Waals surface area contributed by atoms with E-state index in [4.69, 9.17) is 28.9 Å².